The van der Waals surface area contributed by atoms with E-state index in [1.165, 1.54) is 0 Å². The van der Waals surface area contributed by atoms with E-state index in [0.717, 1.165) is 12.1 Å². The second-order valence-electron chi connectivity index (χ2n) is 4.00. The van der Waals surface area contributed by atoms with E-state index in [1.54, 1.807) is 10.9 Å². The molecule has 1 atom stereocenters. The van der Waals surface area contributed by atoms with Gasteiger partial charge in [-0.25, -0.2) is 4.68 Å². The Labute approximate surface area is 99.2 Å². The maximum absolute atomic E-state index is 10.5. The fraction of sp³-hybridized carbons (Fsp3) is 0.455. The number of nitrogens with zero attached hydrogens (tertiary/aromatic N) is 5. The third-order valence-electron chi connectivity index (χ3n) is 2.71. The Bertz CT molecular complexity index is 501. The summed E-state index contributed by atoms with van der Waals surface area (Å²) in [4.78, 5) is 10.5. The first-order valence-corrected chi connectivity index (χ1v) is 5.62. The zero-order valence-electron chi connectivity index (χ0n) is 9.95. The van der Waals surface area contributed by atoms with Crippen molar-refractivity contribution < 1.29 is 4.79 Å². The Balaban J connectivity index is 2.08. The predicted molar refractivity (Wildman–Crippen MR) is 61.7 cm³/mol. The summed E-state index contributed by atoms with van der Waals surface area (Å²) < 4.78 is 3.54. The molecule has 0 aliphatic heterocycles. The second-order valence-corrected chi connectivity index (χ2v) is 4.00. The van der Waals surface area contributed by atoms with Gasteiger partial charge in [0.15, 0.2) is 6.29 Å². The van der Waals surface area contributed by atoms with Gasteiger partial charge in [-0.1, -0.05) is 12.1 Å². The van der Waals surface area contributed by atoms with Crippen LogP contribution in [0.15, 0.2) is 18.5 Å². The number of hydrogen-bond acceptors (Lipinski definition) is 4. The lowest BCUT2D eigenvalue weighted by Gasteiger charge is -2.07. The largest absolute Gasteiger partial charge is 0.296 e. The smallest absolute Gasteiger partial charge is 0.171 e. The molecule has 2 aromatic heterocycles. The van der Waals surface area contributed by atoms with Gasteiger partial charge in [0.05, 0.1) is 18.4 Å². The number of hydrogen-bond donors (Lipinski definition) is 0. The van der Waals surface area contributed by atoms with Crippen molar-refractivity contribution in [1.29, 1.82) is 0 Å². The highest BCUT2D eigenvalue weighted by atomic mass is 16.1. The van der Waals surface area contributed by atoms with Crippen LogP contribution >= 0.6 is 0 Å². The fourth-order valence-electron chi connectivity index (χ4n) is 1.50. The van der Waals surface area contributed by atoms with E-state index in [1.807, 2.05) is 16.9 Å². The van der Waals surface area contributed by atoms with Crippen LogP contribution in [0, 0.1) is 0 Å². The number of carbonyl (C=O) groups is 1. The van der Waals surface area contributed by atoms with Crippen molar-refractivity contribution in [3.05, 3.63) is 29.8 Å². The third kappa shape index (κ3) is 2.58. The lowest BCUT2D eigenvalue weighted by atomic mass is 10.3. The van der Waals surface area contributed by atoms with Gasteiger partial charge in [0, 0.05) is 12.2 Å². The molecule has 0 saturated carbocycles. The van der Waals surface area contributed by atoms with E-state index >= 15 is 0 Å². The molecule has 1 unspecified atom stereocenters. The van der Waals surface area contributed by atoms with Gasteiger partial charge in [-0.15, -0.1) is 5.10 Å². The maximum Gasteiger partial charge on any atom is 0.171 e. The van der Waals surface area contributed by atoms with Crippen LogP contribution in [0.3, 0.4) is 0 Å². The van der Waals surface area contributed by atoms with Gasteiger partial charge < -0.3 is 0 Å². The molecule has 0 spiro atoms. The van der Waals surface area contributed by atoms with Gasteiger partial charge in [0.25, 0.3) is 0 Å². The minimum Gasteiger partial charge on any atom is -0.296 e. The molecule has 90 valence electrons. The molecule has 6 heteroatoms. The number of aldehydes is 1. The van der Waals surface area contributed by atoms with Gasteiger partial charge in [-0.3, -0.25) is 9.48 Å². The van der Waals surface area contributed by atoms with E-state index in [2.05, 4.69) is 29.3 Å². The quantitative estimate of drug-likeness (QED) is 0.730. The molecular formula is C11H15N5O. The summed E-state index contributed by atoms with van der Waals surface area (Å²) in [6, 6.07) is 2.35. The molecule has 2 rings (SSSR count). The second kappa shape index (κ2) is 4.90. The molecule has 0 aliphatic rings. The normalized spacial score (nSPS) is 12.6. The van der Waals surface area contributed by atoms with Crippen LogP contribution < -0.4 is 0 Å². The monoisotopic (exact) mass is 233 g/mol. The van der Waals surface area contributed by atoms with Gasteiger partial charge in [-0.2, -0.15) is 5.10 Å². The van der Waals surface area contributed by atoms with Crippen LogP contribution in [0.2, 0.25) is 0 Å². The molecule has 2 aromatic rings. The Hall–Kier alpha value is -1.98. The highest BCUT2D eigenvalue weighted by molar-refractivity contribution is 5.70. The zero-order chi connectivity index (χ0) is 12.3. The van der Waals surface area contributed by atoms with Gasteiger partial charge in [0.2, 0.25) is 0 Å². The molecule has 0 saturated heterocycles. The van der Waals surface area contributed by atoms with Crippen molar-refractivity contribution in [2.45, 2.75) is 32.9 Å². The topological polar surface area (TPSA) is 65.6 Å². The van der Waals surface area contributed by atoms with Crippen molar-refractivity contribution in [2.24, 2.45) is 0 Å². The summed E-state index contributed by atoms with van der Waals surface area (Å²) >= 11 is 0. The van der Waals surface area contributed by atoms with E-state index < -0.39 is 0 Å². The number of carbonyl (C=O) groups excluding carboxylic acids is 1. The van der Waals surface area contributed by atoms with Crippen LogP contribution in [0.4, 0.5) is 0 Å². The highest BCUT2D eigenvalue weighted by Gasteiger charge is 2.06. The van der Waals surface area contributed by atoms with Crippen LogP contribution in [0.5, 0.6) is 0 Å². The molecule has 6 nitrogen and oxygen atoms in total. The summed E-state index contributed by atoms with van der Waals surface area (Å²) in [5.74, 6) is 0. The lowest BCUT2D eigenvalue weighted by Crippen LogP contribution is -2.06. The average molecular weight is 233 g/mol. The Morgan fingerprint density at radius 1 is 1.53 bits per heavy atom. The maximum atomic E-state index is 10.5. The summed E-state index contributed by atoms with van der Waals surface area (Å²) in [6.45, 7) is 4.78. The van der Waals surface area contributed by atoms with E-state index in [9.17, 15) is 4.79 Å². The molecule has 0 radical (unpaired) electrons. The zero-order valence-corrected chi connectivity index (χ0v) is 9.95. The average Bonchev–Trinajstić information content (AvgIpc) is 2.97. The molecule has 0 aromatic carbocycles. The first-order valence-electron chi connectivity index (χ1n) is 5.62. The molecule has 0 N–H and O–H groups in total. The minimum atomic E-state index is 0.339. The van der Waals surface area contributed by atoms with Crippen molar-refractivity contribution in [2.75, 3.05) is 0 Å². The first-order chi connectivity index (χ1) is 8.22. The molecule has 0 fully saturated rings. The molecule has 0 amide bonds. The summed E-state index contributed by atoms with van der Waals surface area (Å²) in [5, 5.41) is 12.0. The van der Waals surface area contributed by atoms with Crippen molar-refractivity contribution in [3.63, 3.8) is 0 Å². The van der Waals surface area contributed by atoms with E-state index in [-0.39, 0.29) is 0 Å². The van der Waals surface area contributed by atoms with Crippen LogP contribution in [-0.4, -0.2) is 31.1 Å². The SMILES string of the molecule is CCC(C)n1ccc(Cn2cc(C=O)nn2)n1. The summed E-state index contributed by atoms with van der Waals surface area (Å²) in [6.07, 6.45) is 5.29. The van der Waals surface area contributed by atoms with Crippen molar-refractivity contribution in [1.82, 2.24) is 24.8 Å². The molecule has 0 bridgehead atoms. The Kier molecular flexibility index (Phi) is 3.32. The number of aromatic nitrogens is 5. The van der Waals surface area contributed by atoms with E-state index in [0.29, 0.717) is 24.6 Å². The Morgan fingerprint density at radius 3 is 3.00 bits per heavy atom. The summed E-state index contributed by atoms with van der Waals surface area (Å²) in [5.41, 5.74) is 1.25. The standard InChI is InChI=1S/C11H15N5O/c1-3-9(2)16-5-4-10(13-16)6-15-7-11(8-17)12-14-15/h4-5,7-9H,3,6H2,1-2H3. The van der Waals surface area contributed by atoms with Crippen LogP contribution in [-0.2, 0) is 6.54 Å². The third-order valence-corrected chi connectivity index (χ3v) is 2.71. The van der Waals surface area contributed by atoms with Crippen molar-refractivity contribution in [3.8, 4) is 0 Å². The highest BCUT2D eigenvalue weighted by Crippen LogP contribution is 2.09. The van der Waals surface area contributed by atoms with Crippen molar-refractivity contribution >= 4 is 6.29 Å². The predicted octanol–water partition coefficient (Wildman–Crippen LogP) is 1.31. The minimum absolute atomic E-state index is 0.339. The van der Waals surface area contributed by atoms with Crippen LogP contribution in [0.1, 0.15) is 42.5 Å². The van der Waals surface area contributed by atoms with Gasteiger partial charge in [0.1, 0.15) is 5.69 Å². The number of rotatable bonds is 5. The molecular weight excluding hydrogens is 218 g/mol. The van der Waals surface area contributed by atoms with Crippen LogP contribution in [0.25, 0.3) is 0 Å². The molecule has 17 heavy (non-hydrogen) atoms. The first kappa shape index (κ1) is 11.5. The lowest BCUT2D eigenvalue weighted by molar-refractivity contribution is 0.111. The molecule has 0 aliphatic carbocycles. The van der Waals surface area contributed by atoms with Gasteiger partial charge >= 0.3 is 0 Å². The van der Waals surface area contributed by atoms with Gasteiger partial charge in [-0.05, 0) is 19.4 Å². The van der Waals surface area contributed by atoms with E-state index in [4.69, 9.17) is 0 Å². The Morgan fingerprint density at radius 2 is 2.35 bits per heavy atom. The molecule has 2 heterocycles. The fourth-order valence-corrected chi connectivity index (χ4v) is 1.50. The summed E-state index contributed by atoms with van der Waals surface area (Å²) in [7, 11) is 0.